The molecular formula is C19H34N4O. The molecule has 0 fully saturated rings. The summed E-state index contributed by atoms with van der Waals surface area (Å²) < 4.78 is 5.59. The molecule has 0 aromatic heterocycles. The van der Waals surface area contributed by atoms with Gasteiger partial charge in [0.05, 0.1) is 12.6 Å². The molecule has 0 aliphatic rings. The molecule has 0 spiro atoms. The van der Waals surface area contributed by atoms with Crippen molar-refractivity contribution in [2.24, 2.45) is 10.4 Å². The van der Waals surface area contributed by atoms with Gasteiger partial charge in [0, 0.05) is 40.0 Å². The first kappa shape index (κ1) is 20.3. The van der Waals surface area contributed by atoms with E-state index in [4.69, 9.17) is 4.74 Å². The molecule has 0 saturated heterocycles. The van der Waals surface area contributed by atoms with Gasteiger partial charge in [-0.15, -0.1) is 0 Å². The molecule has 5 heteroatoms. The van der Waals surface area contributed by atoms with Gasteiger partial charge in [-0.3, -0.25) is 0 Å². The van der Waals surface area contributed by atoms with E-state index >= 15 is 0 Å². The van der Waals surface area contributed by atoms with E-state index in [-0.39, 0.29) is 11.5 Å². The Hall–Kier alpha value is -1.75. The fourth-order valence-corrected chi connectivity index (χ4v) is 2.34. The van der Waals surface area contributed by atoms with Crippen LogP contribution in [0.15, 0.2) is 29.3 Å². The Kier molecular flexibility index (Phi) is 8.05. The molecule has 5 nitrogen and oxygen atoms in total. The van der Waals surface area contributed by atoms with Gasteiger partial charge in [0.25, 0.3) is 0 Å². The highest BCUT2D eigenvalue weighted by atomic mass is 16.5. The van der Waals surface area contributed by atoms with Crippen molar-refractivity contribution in [3.05, 3.63) is 29.8 Å². The van der Waals surface area contributed by atoms with Crippen LogP contribution in [-0.4, -0.2) is 46.4 Å². The highest BCUT2D eigenvalue weighted by molar-refractivity contribution is 5.79. The van der Waals surface area contributed by atoms with Crippen LogP contribution in [-0.2, 0) is 11.3 Å². The lowest BCUT2D eigenvalue weighted by atomic mass is 9.89. The SMILES string of the molecule is CCNC(=NCc1ccc(N(C)C)cc1)NCC(OC)C(C)(C)C. The highest BCUT2D eigenvalue weighted by Crippen LogP contribution is 2.20. The first-order valence-corrected chi connectivity index (χ1v) is 8.59. The quantitative estimate of drug-likeness (QED) is 0.595. The minimum atomic E-state index is 0.0844. The third kappa shape index (κ3) is 6.79. The van der Waals surface area contributed by atoms with Gasteiger partial charge in [0.2, 0.25) is 0 Å². The van der Waals surface area contributed by atoms with Crippen molar-refractivity contribution in [1.29, 1.82) is 0 Å². The molecule has 136 valence electrons. The van der Waals surface area contributed by atoms with Crippen molar-refractivity contribution >= 4 is 11.6 Å². The average Bonchev–Trinajstić information content (AvgIpc) is 2.52. The maximum atomic E-state index is 5.59. The number of nitrogens with zero attached hydrogens (tertiary/aromatic N) is 2. The topological polar surface area (TPSA) is 48.9 Å². The molecule has 0 aliphatic carbocycles. The number of hydrogen-bond acceptors (Lipinski definition) is 3. The zero-order chi connectivity index (χ0) is 18.2. The van der Waals surface area contributed by atoms with Crippen molar-refractivity contribution in [2.45, 2.75) is 40.3 Å². The zero-order valence-corrected chi connectivity index (χ0v) is 16.3. The molecule has 1 aromatic carbocycles. The first-order chi connectivity index (χ1) is 11.3. The number of methoxy groups -OCH3 is 1. The number of guanidine groups is 1. The molecule has 0 amide bonds. The largest absolute Gasteiger partial charge is 0.379 e. The summed E-state index contributed by atoms with van der Waals surface area (Å²) >= 11 is 0. The second-order valence-corrected chi connectivity index (χ2v) is 7.23. The second-order valence-electron chi connectivity index (χ2n) is 7.23. The lowest BCUT2D eigenvalue weighted by Crippen LogP contribution is -2.45. The molecule has 0 radical (unpaired) electrons. The minimum absolute atomic E-state index is 0.0844. The van der Waals surface area contributed by atoms with Crippen LogP contribution in [0.5, 0.6) is 0 Å². The Morgan fingerprint density at radius 2 is 1.79 bits per heavy atom. The number of benzene rings is 1. The molecule has 0 saturated carbocycles. The van der Waals surface area contributed by atoms with Gasteiger partial charge >= 0.3 is 0 Å². The molecule has 1 atom stereocenters. The third-order valence-corrected chi connectivity index (χ3v) is 3.92. The monoisotopic (exact) mass is 334 g/mol. The highest BCUT2D eigenvalue weighted by Gasteiger charge is 2.24. The molecule has 0 bridgehead atoms. The summed E-state index contributed by atoms with van der Waals surface area (Å²) in [5.74, 6) is 0.820. The predicted octanol–water partition coefficient (Wildman–Crippen LogP) is 2.87. The zero-order valence-electron chi connectivity index (χ0n) is 16.3. The molecule has 1 unspecified atom stereocenters. The van der Waals surface area contributed by atoms with E-state index < -0.39 is 0 Å². The van der Waals surface area contributed by atoms with E-state index in [2.05, 4.69) is 72.5 Å². The van der Waals surface area contributed by atoms with Crippen molar-refractivity contribution in [2.75, 3.05) is 39.2 Å². The summed E-state index contributed by atoms with van der Waals surface area (Å²) in [7, 11) is 5.84. The lowest BCUT2D eigenvalue weighted by Gasteiger charge is -2.30. The van der Waals surface area contributed by atoms with E-state index in [1.165, 1.54) is 11.3 Å². The number of rotatable bonds is 7. The Bertz CT molecular complexity index is 503. The molecule has 0 aliphatic heterocycles. The lowest BCUT2D eigenvalue weighted by molar-refractivity contribution is 0.0205. The van der Waals surface area contributed by atoms with Gasteiger partial charge in [-0.2, -0.15) is 0 Å². The Morgan fingerprint density at radius 1 is 1.17 bits per heavy atom. The molecular weight excluding hydrogens is 300 g/mol. The normalized spacial score (nSPS) is 13.5. The minimum Gasteiger partial charge on any atom is -0.379 e. The summed E-state index contributed by atoms with van der Waals surface area (Å²) in [6.07, 6.45) is 0.126. The number of nitrogens with one attached hydrogen (secondary N) is 2. The average molecular weight is 335 g/mol. The van der Waals surface area contributed by atoms with E-state index in [0.717, 1.165) is 19.0 Å². The molecule has 1 aromatic rings. The number of aliphatic imine (C=N–C) groups is 1. The van der Waals surface area contributed by atoms with Gasteiger partial charge < -0.3 is 20.3 Å². The van der Waals surface area contributed by atoms with Crippen LogP contribution in [0.3, 0.4) is 0 Å². The fourth-order valence-electron chi connectivity index (χ4n) is 2.34. The molecule has 24 heavy (non-hydrogen) atoms. The van der Waals surface area contributed by atoms with Crippen molar-refractivity contribution in [1.82, 2.24) is 10.6 Å². The smallest absolute Gasteiger partial charge is 0.191 e. The van der Waals surface area contributed by atoms with Crippen LogP contribution in [0, 0.1) is 5.41 Å². The van der Waals surface area contributed by atoms with E-state index in [9.17, 15) is 0 Å². The van der Waals surface area contributed by atoms with Gasteiger partial charge in [-0.05, 0) is 30.0 Å². The van der Waals surface area contributed by atoms with Gasteiger partial charge in [0.15, 0.2) is 5.96 Å². The van der Waals surface area contributed by atoms with Gasteiger partial charge in [0.1, 0.15) is 0 Å². The van der Waals surface area contributed by atoms with Crippen LogP contribution in [0.2, 0.25) is 0 Å². The van der Waals surface area contributed by atoms with E-state index in [1.807, 2.05) is 14.1 Å². The Labute approximate surface area is 147 Å². The predicted molar refractivity (Wildman–Crippen MR) is 104 cm³/mol. The summed E-state index contributed by atoms with van der Waals surface area (Å²) in [5, 5.41) is 6.67. The number of hydrogen-bond donors (Lipinski definition) is 2. The van der Waals surface area contributed by atoms with Gasteiger partial charge in [-0.25, -0.2) is 4.99 Å². The van der Waals surface area contributed by atoms with E-state index in [0.29, 0.717) is 6.54 Å². The van der Waals surface area contributed by atoms with Crippen LogP contribution in [0.1, 0.15) is 33.3 Å². The Morgan fingerprint density at radius 3 is 2.25 bits per heavy atom. The van der Waals surface area contributed by atoms with Crippen molar-refractivity contribution < 1.29 is 4.74 Å². The van der Waals surface area contributed by atoms with Crippen LogP contribution in [0.4, 0.5) is 5.69 Å². The fraction of sp³-hybridized carbons (Fsp3) is 0.632. The standard InChI is InChI=1S/C19H34N4O/c1-8-20-18(22-14-17(24-7)19(2,3)4)21-13-15-9-11-16(12-10-15)23(5)6/h9-12,17H,8,13-14H2,1-7H3,(H2,20,21,22). The number of anilines is 1. The summed E-state index contributed by atoms with van der Waals surface area (Å²) in [6.45, 7) is 10.8. The molecule has 0 heterocycles. The summed E-state index contributed by atoms with van der Waals surface area (Å²) in [6, 6.07) is 8.47. The Balaban J connectivity index is 2.68. The first-order valence-electron chi connectivity index (χ1n) is 8.59. The summed E-state index contributed by atoms with van der Waals surface area (Å²) in [4.78, 5) is 6.77. The number of ether oxygens (including phenoxy) is 1. The maximum Gasteiger partial charge on any atom is 0.191 e. The summed E-state index contributed by atoms with van der Waals surface area (Å²) in [5.41, 5.74) is 2.47. The molecule has 1 rings (SSSR count). The van der Waals surface area contributed by atoms with E-state index in [1.54, 1.807) is 7.11 Å². The van der Waals surface area contributed by atoms with Crippen molar-refractivity contribution in [3.63, 3.8) is 0 Å². The van der Waals surface area contributed by atoms with Crippen LogP contribution < -0.4 is 15.5 Å². The second kappa shape index (κ2) is 9.52. The van der Waals surface area contributed by atoms with Crippen LogP contribution >= 0.6 is 0 Å². The van der Waals surface area contributed by atoms with Crippen LogP contribution in [0.25, 0.3) is 0 Å². The third-order valence-electron chi connectivity index (χ3n) is 3.92. The maximum absolute atomic E-state index is 5.59. The van der Waals surface area contributed by atoms with Crippen molar-refractivity contribution in [3.8, 4) is 0 Å². The van der Waals surface area contributed by atoms with Gasteiger partial charge in [-0.1, -0.05) is 32.9 Å². The molecule has 2 N–H and O–H groups in total.